The first-order valence-electron chi connectivity index (χ1n) is 12.6. The van der Waals surface area contributed by atoms with Gasteiger partial charge in [-0.15, -0.1) is 0 Å². The van der Waals surface area contributed by atoms with E-state index in [9.17, 15) is 0 Å². The van der Waals surface area contributed by atoms with Crippen LogP contribution in [0.1, 0.15) is 49.1 Å². The van der Waals surface area contributed by atoms with Crippen molar-refractivity contribution in [1.82, 2.24) is 19.9 Å². The van der Waals surface area contributed by atoms with E-state index in [1.165, 1.54) is 5.69 Å². The van der Waals surface area contributed by atoms with Crippen LogP contribution in [0.2, 0.25) is 0 Å². The van der Waals surface area contributed by atoms with E-state index in [0.29, 0.717) is 0 Å². The summed E-state index contributed by atoms with van der Waals surface area (Å²) in [6.45, 7) is 6.65. The molecular formula is C32H31N5. The Bertz CT molecular complexity index is 1630. The predicted octanol–water partition coefficient (Wildman–Crippen LogP) is 7.69. The molecule has 184 valence electrons. The van der Waals surface area contributed by atoms with Gasteiger partial charge in [-0.2, -0.15) is 0 Å². The molecule has 0 fully saturated rings. The molecule has 0 unspecified atom stereocenters. The number of anilines is 1. The lowest BCUT2D eigenvalue weighted by Crippen LogP contribution is -2.15. The first-order valence-corrected chi connectivity index (χ1v) is 12.6. The molecule has 2 N–H and O–H groups in total. The summed E-state index contributed by atoms with van der Waals surface area (Å²) < 4.78 is 0. The third-order valence-electron chi connectivity index (χ3n) is 6.82. The standard InChI is InChI=1S/C32H31N5/c1-32(2,3)31-28-16-10-23(35-28)18-21-8-14-26(33-21)30(20-6-12-25(13-7-20)37(4)5)27-15-9-22(34-27)19-24-11-17-29(31)36-24/h6-19,33-34H,1-5H3. The van der Waals surface area contributed by atoms with Gasteiger partial charge in [-0.3, -0.25) is 0 Å². The molecule has 5 heteroatoms. The first-order chi connectivity index (χ1) is 17.7. The summed E-state index contributed by atoms with van der Waals surface area (Å²) in [6, 6.07) is 21.4. The lowest BCUT2D eigenvalue weighted by molar-refractivity contribution is 0.583. The summed E-state index contributed by atoms with van der Waals surface area (Å²) in [5.74, 6) is 0. The Morgan fingerprint density at radius 1 is 0.649 bits per heavy atom. The van der Waals surface area contributed by atoms with Crippen molar-refractivity contribution in [3.05, 3.63) is 89.0 Å². The lowest BCUT2D eigenvalue weighted by Gasteiger charge is -2.20. The topological polar surface area (TPSA) is 60.6 Å². The molecule has 5 heterocycles. The molecule has 2 aliphatic rings. The average molecular weight is 486 g/mol. The molecule has 0 radical (unpaired) electrons. The van der Waals surface area contributed by atoms with Crippen LogP contribution in [0, 0.1) is 0 Å². The third kappa shape index (κ3) is 4.38. The summed E-state index contributed by atoms with van der Waals surface area (Å²) in [5, 5.41) is 0. The largest absolute Gasteiger partial charge is 0.378 e. The van der Waals surface area contributed by atoms with Crippen molar-refractivity contribution in [2.75, 3.05) is 19.0 Å². The van der Waals surface area contributed by atoms with Gasteiger partial charge in [0.25, 0.3) is 0 Å². The van der Waals surface area contributed by atoms with Crippen molar-refractivity contribution < 1.29 is 0 Å². The molecule has 2 aliphatic heterocycles. The zero-order valence-electron chi connectivity index (χ0n) is 21.9. The van der Waals surface area contributed by atoms with Crippen molar-refractivity contribution in [3.8, 4) is 11.1 Å². The molecule has 0 amide bonds. The highest BCUT2D eigenvalue weighted by molar-refractivity contribution is 5.94. The van der Waals surface area contributed by atoms with E-state index < -0.39 is 0 Å². The highest BCUT2D eigenvalue weighted by atomic mass is 15.1. The molecule has 0 saturated carbocycles. The summed E-state index contributed by atoms with van der Waals surface area (Å²) in [5.41, 5.74) is 12.4. The molecule has 0 aliphatic carbocycles. The fourth-order valence-corrected chi connectivity index (χ4v) is 5.08. The van der Waals surface area contributed by atoms with Gasteiger partial charge in [0.1, 0.15) is 0 Å². The number of hydrogen-bond donors (Lipinski definition) is 2. The van der Waals surface area contributed by atoms with Crippen LogP contribution < -0.4 is 4.90 Å². The Kier molecular flexibility index (Phi) is 5.37. The van der Waals surface area contributed by atoms with Gasteiger partial charge in [-0.1, -0.05) is 32.9 Å². The van der Waals surface area contributed by atoms with E-state index >= 15 is 0 Å². The second-order valence-corrected chi connectivity index (χ2v) is 10.9. The number of benzene rings is 1. The molecule has 0 saturated heterocycles. The van der Waals surface area contributed by atoms with Gasteiger partial charge in [0.15, 0.2) is 0 Å². The SMILES string of the molecule is CN(C)c1ccc(-c2c3ccc(cc4nc(c(C(C)(C)C)c5nc(cc6ccc2[nH]6)C=C5)C=C4)[nH]3)cc1. The summed E-state index contributed by atoms with van der Waals surface area (Å²) in [4.78, 5) is 19.3. The van der Waals surface area contributed by atoms with Crippen LogP contribution >= 0.6 is 0 Å². The minimum absolute atomic E-state index is 0.103. The highest BCUT2D eigenvalue weighted by Crippen LogP contribution is 2.33. The Morgan fingerprint density at radius 3 is 1.62 bits per heavy atom. The van der Waals surface area contributed by atoms with Crippen LogP contribution in [0.3, 0.4) is 0 Å². The quantitative estimate of drug-likeness (QED) is 0.264. The lowest BCUT2D eigenvalue weighted by atomic mass is 9.84. The monoisotopic (exact) mass is 485 g/mol. The number of nitrogens with one attached hydrogen (secondary N) is 2. The Balaban J connectivity index is 1.68. The maximum atomic E-state index is 4.99. The second-order valence-electron chi connectivity index (χ2n) is 10.9. The molecule has 1 aromatic carbocycles. The van der Waals surface area contributed by atoms with Crippen LogP contribution in [0.4, 0.5) is 5.69 Å². The van der Waals surface area contributed by atoms with Crippen molar-refractivity contribution in [2.45, 2.75) is 26.2 Å². The number of hydrogen-bond acceptors (Lipinski definition) is 3. The zero-order valence-corrected chi connectivity index (χ0v) is 21.9. The number of rotatable bonds is 2. The molecule has 3 aromatic heterocycles. The van der Waals surface area contributed by atoms with E-state index in [-0.39, 0.29) is 5.41 Å². The Hall–Kier alpha value is -4.38. The average Bonchev–Trinajstić information content (AvgIpc) is 3.64. The molecule has 4 aromatic rings. The molecule has 0 spiro atoms. The number of aromatic nitrogens is 4. The molecule has 5 nitrogen and oxygen atoms in total. The van der Waals surface area contributed by atoms with Gasteiger partial charge in [0.2, 0.25) is 0 Å². The van der Waals surface area contributed by atoms with Gasteiger partial charge < -0.3 is 14.9 Å². The van der Waals surface area contributed by atoms with Crippen molar-refractivity contribution in [3.63, 3.8) is 0 Å². The first kappa shape index (κ1) is 23.0. The van der Waals surface area contributed by atoms with Gasteiger partial charge in [0.05, 0.1) is 22.8 Å². The van der Waals surface area contributed by atoms with E-state index in [4.69, 9.17) is 9.97 Å². The molecule has 6 rings (SSSR count). The van der Waals surface area contributed by atoms with Gasteiger partial charge in [-0.25, -0.2) is 9.97 Å². The smallest absolute Gasteiger partial charge is 0.0696 e. The maximum Gasteiger partial charge on any atom is 0.0696 e. The number of nitrogens with zero attached hydrogens (tertiary/aromatic N) is 3. The third-order valence-corrected chi connectivity index (χ3v) is 6.82. The van der Waals surface area contributed by atoms with Crippen LogP contribution in [0.15, 0.2) is 60.7 Å². The minimum atomic E-state index is -0.103. The van der Waals surface area contributed by atoms with Crippen LogP contribution in [0.5, 0.6) is 0 Å². The molecule has 37 heavy (non-hydrogen) atoms. The van der Waals surface area contributed by atoms with Gasteiger partial charge in [0, 0.05) is 53.0 Å². The predicted molar refractivity (Wildman–Crippen MR) is 157 cm³/mol. The molecular weight excluding hydrogens is 454 g/mol. The summed E-state index contributed by atoms with van der Waals surface area (Å²) >= 11 is 0. The van der Waals surface area contributed by atoms with Crippen LogP contribution in [-0.2, 0) is 5.41 Å². The van der Waals surface area contributed by atoms with Gasteiger partial charge in [-0.05, 0) is 83.8 Å². The normalized spacial score (nSPS) is 12.8. The second kappa shape index (κ2) is 8.63. The highest BCUT2D eigenvalue weighted by Gasteiger charge is 2.23. The van der Waals surface area contributed by atoms with Crippen LogP contribution in [-0.4, -0.2) is 34.0 Å². The molecule has 0 atom stereocenters. The van der Waals surface area contributed by atoms with E-state index in [1.54, 1.807) is 0 Å². The van der Waals surface area contributed by atoms with E-state index in [1.807, 2.05) is 0 Å². The van der Waals surface area contributed by atoms with E-state index in [0.717, 1.165) is 61.5 Å². The maximum absolute atomic E-state index is 4.99. The van der Waals surface area contributed by atoms with Crippen molar-refractivity contribution in [1.29, 1.82) is 0 Å². The van der Waals surface area contributed by atoms with E-state index in [2.05, 4.69) is 135 Å². The Morgan fingerprint density at radius 2 is 1.16 bits per heavy atom. The number of fused-ring (bicyclic) bond motifs is 8. The van der Waals surface area contributed by atoms with Crippen molar-refractivity contribution >= 4 is 52.1 Å². The van der Waals surface area contributed by atoms with Gasteiger partial charge >= 0.3 is 0 Å². The summed E-state index contributed by atoms with van der Waals surface area (Å²) in [7, 11) is 4.12. The number of aromatic amines is 2. The number of H-pyrrole nitrogens is 2. The fraction of sp³-hybridized carbons (Fsp3) is 0.188. The van der Waals surface area contributed by atoms with Crippen molar-refractivity contribution in [2.24, 2.45) is 0 Å². The summed E-state index contributed by atoms with van der Waals surface area (Å²) in [6.07, 6.45) is 8.37. The zero-order chi connectivity index (χ0) is 25.7. The Labute approximate surface area is 217 Å². The molecule has 8 bridgehead atoms. The van der Waals surface area contributed by atoms with Crippen LogP contribution in [0.25, 0.3) is 57.5 Å². The fourth-order valence-electron chi connectivity index (χ4n) is 5.08. The minimum Gasteiger partial charge on any atom is -0.378 e.